The molecule has 0 amide bonds. The van der Waals surface area contributed by atoms with E-state index in [1.165, 1.54) is 5.41 Å². The van der Waals surface area contributed by atoms with Crippen LogP contribution in [0.15, 0.2) is 36.3 Å². The first kappa shape index (κ1) is 8.80. The van der Waals surface area contributed by atoms with Crippen molar-refractivity contribution in [3.63, 3.8) is 0 Å². The zero-order valence-corrected chi connectivity index (χ0v) is 7.21. The second-order valence-corrected chi connectivity index (χ2v) is 3.10. The largest absolute Gasteiger partial charge is 0.399 e. The number of anilines is 1. The van der Waals surface area contributed by atoms with Crippen LogP contribution in [-0.4, -0.2) is 4.21 Å². The highest BCUT2D eigenvalue weighted by atomic mass is 32.2. The summed E-state index contributed by atoms with van der Waals surface area (Å²) in [6.45, 7) is 3.32. The Hall–Kier alpha value is -1.29. The van der Waals surface area contributed by atoms with Gasteiger partial charge < -0.3 is 9.92 Å². The van der Waals surface area contributed by atoms with Gasteiger partial charge in [0.15, 0.2) is 0 Å². The van der Waals surface area contributed by atoms with E-state index in [9.17, 15) is 4.21 Å². The molecule has 0 aliphatic rings. The highest BCUT2D eigenvalue weighted by Crippen LogP contribution is 2.13. The quantitative estimate of drug-likeness (QED) is 0.722. The lowest BCUT2D eigenvalue weighted by Crippen LogP contribution is -1.95. The Kier molecular flexibility index (Phi) is 2.88. The molecule has 1 aromatic carbocycles. The first-order valence-electron chi connectivity index (χ1n) is 3.29. The standard InChI is InChI=1S/C8H9NO2S/c1-2-12(10)11-8-5-3-7(9)4-6-8/h2-6H,1,9H2. The summed E-state index contributed by atoms with van der Waals surface area (Å²) in [5, 5.41) is 1.22. The van der Waals surface area contributed by atoms with Crippen LogP contribution in [0.1, 0.15) is 0 Å². The first-order valence-corrected chi connectivity index (χ1v) is 4.43. The van der Waals surface area contributed by atoms with Gasteiger partial charge in [-0.25, -0.2) is 4.21 Å². The van der Waals surface area contributed by atoms with E-state index in [0.717, 1.165) is 0 Å². The van der Waals surface area contributed by atoms with E-state index >= 15 is 0 Å². The number of rotatable bonds is 3. The fourth-order valence-corrected chi connectivity index (χ4v) is 1.02. The predicted octanol–water partition coefficient (Wildman–Crippen LogP) is 1.45. The van der Waals surface area contributed by atoms with Crippen LogP contribution in [-0.2, 0) is 11.1 Å². The fourth-order valence-electron chi connectivity index (χ4n) is 0.652. The van der Waals surface area contributed by atoms with Crippen molar-refractivity contribution in [2.24, 2.45) is 0 Å². The predicted molar refractivity (Wildman–Crippen MR) is 49.8 cm³/mol. The van der Waals surface area contributed by atoms with Crippen molar-refractivity contribution in [1.82, 2.24) is 0 Å². The summed E-state index contributed by atoms with van der Waals surface area (Å²) in [5.74, 6) is 0.516. The van der Waals surface area contributed by atoms with Crippen molar-refractivity contribution in [3.8, 4) is 5.75 Å². The molecule has 0 saturated heterocycles. The van der Waals surface area contributed by atoms with Crippen molar-refractivity contribution < 1.29 is 8.39 Å². The molecule has 1 rings (SSSR count). The Balaban J connectivity index is 2.71. The highest BCUT2D eigenvalue weighted by molar-refractivity contribution is 7.83. The minimum absolute atomic E-state index is 0.516. The number of benzene rings is 1. The lowest BCUT2D eigenvalue weighted by molar-refractivity contribution is 0.571. The summed E-state index contributed by atoms with van der Waals surface area (Å²) in [4.78, 5) is 0. The summed E-state index contributed by atoms with van der Waals surface area (Å²) in [6.07, 6.45) is 0. The maximum absolute atomic E-state index is 10.8. The van der Waals surface area contributed by atoms with Crippen molar-refractivity contribution in [3.05, 3.63) is 36.3 Å². The molecule has 0 aliphatic carbocycles. The molecular weight excluding hydrogens is 174 g/mol. The molecule has 1 atom stereocenters. The molecular formula is C8H9NO2S. The van der Waals surface area contributed by atoms with Gasteiger partial charge in [-0.3, -0.25) is 0 Å². The molecule has 0 aliphatic heterocycles. The van der Waals surface area contributed by atoms with Crippen molar-refractivity contribution in [2.75, 3.05) is 5.73 Å². The Morgan fingerprint density at radius 2 is 2.00 bits per heavy atom. The van der Waals surface area contributed by atoms with Crippen LogP contribution in [0.2, 0.25) is 0 Å². The number of nitrogen functional groups attached to an aromatic ring is 1. The Bertz CT molecular complexity index is 294. The van der Waals surface area contributed by atoms with Crippen LogP contribution >= 0.6 is 0 Å². The van der Waals surface area contributed by atoms with Gasteiger partial charge in [0.1, 0.15) is 5.75 Å². The molecule has 0 aromatic heterocycles. The SMILES string of the molecule is C=CS(=O)Oc1ccc(N)cc1. The smallest absolute Gasteiger partial charge is 0.232 e. The van der Waals surface area contributed by atoms with E-state index in [-0.39, 0.29) is 0 Å². The molecule has 1 unspecified atom stereocenters. The van der Waals surface area contributed by atoms with Crippen LogP contribution < -0.4 is 9.92 Å². The van der Waals surface area contributed by atoms with Gasteiger partial charge in [-0.1, -0.05) is 6.58 Å². The molecule has 3 nitrogen and oxygen atoms in total. The second-order valence-electron chi connectivity index (χ2n) is 2.08. The number of hydrogen-bond donors (Lipinski definition) is 1. The first-order chi connectivity index (χ1) is 5.72. The molecule has 0 radical (unpaired) electrons. The highest BCUT2D eigenvalue weighted by Gasteiger charge is 1.96. The van der Waals surface area contributed by atoms with Gasteiger partial charge >= 0.3 is 0 Å². The Morgan fingerprint density at radius 3 is 2.50 bits per heavy atom. The molecule has 2 N–H and O–H groups in total. The Morgan fingerprint density at radius 1 is 1.42 bits per heavy atom. The molecule has 1 aromatic rings. The average molecular weight is 183 g/mol. The van der Waals surface area contributed by atoms with Crippen LogP contribution in [0, 0.1) is 0 Å². The summed E-state index contributed by atoms with van der Waals surface area (Å²) in [6, 6.07) is 6.65. The molecule has 0 saturated carbocycles. The summed E-state index contributed by atoms with van der Waals surface area (Å²) >= 11 is -1.46. The Labute approximate surface area is 73.5 Å². The van der Waals surface area contributed by atoms with Crippen LogP contribution in [0.4, 0.5) is 5.69 Å². The monoisotopic (exact) mass is 183 g/mol. The minimum atomic E-state index is -1.46. The molecule has 64 valence electrons. The second kappa shape index (κ2) is 3.92. The summed E-state index contributed by atoms with van der Waals surface area (Å²) < 4.78 is 15.7. The van der Waals surface area contributed by atoms with Crippen LogP contribution in [0.25, 0.3) is 0 Å². The molecule has 4 heteroatoms. The molecule has 12 heavy (non-hydrogen) atoms. The summed E-state index contributed by atoms with van der Waals surface area (Å²) in [7, 11) is 0. The van der Waals surface area contributed by atoms with Gasteiger partial charge in [0.2, 0.25) is 11.1 Å². The van der Waals surface area contributed by atoms with Gasteiger partial charge in [0.25, 0.3) is 0 Å². The van der Waals surface area contributed by atoms with E-state index in [0.29, 0.717) is 11.4 Å². The van der Waals surface area contributed by atoms with E-state index in [1.54, 1.807) is 24.3 Å². The number of hydrogen-bond acceptors (Lipinski definition) is 3. The third kappa shape index (κ3) is 2.39. The topological polar surface area (TPSA) is 52.3 Å². The number of nitrogens with two attached hydrogens (primary N) is 1. The fraction of sp³-hybridized carbons (Fsp3) is 0. The van der Waals surface area contributed by atoms with Crippen LogP contribution in [0.3, 0.4) is 0 Å². The lowest BCUT2D eigenvalue weighted by Gasteiger charge is -2.00. The maximum atomic E-state index is 10.8. The maximum Gasteiger partial charge on any atom is 0.232 e. The van der Waals surface area contributed by atoms with E-state index in [1.807, 2.05) is 0 Å². The zero-order valence-electron chi connectivity index (χ0n) is 6.40. The van der Waals surface area contributed by atoms with Gasteiger partial charge in [-0.05, 0) is 24.3 Å². The normalized spacial score (nSPS) is 12.0. The third-order valence-electron chi connectivity index (χ3n) is 1.19. The van der Waals surface area contributed by atoms with Gasteiger partial charge in [0.05, 0.1) is 0 Å². The van der Waals surface area contributed by atoms with Gasteiger partial charge in [-0.2, -0.15) is 0 Å². The van der Waals surface area contributed by atoms with E-state index in [4.69, 9.17) is 9.92 Å². The molecule has 0 bridgehead atoms. The van der Waals surface area contributed by atoms with Gasteiger partial charge in [-0.15, -0.1) is 0 Å². The van der Waals surface area contributed by atoms with Crippen molar-refractivity contribution >= 4 is 16.8 Å². The van der Waals surface area contributed by atoms with Gasteiger partial charge in [0, 0.05) is 11.1 Å². The minimum Gasteiger partial charge on any atom is -0.399 e. The van der Waals surface area contributed by atoms with E-state index < -0.39 is 11.1 Å². The lowest BCUT2D eigenvalue weighted by atomic mass is 10.3. The molecule has 0 spiro atoms. The van der Waals surface area contributed by atoms with Crippen molar-refractivity contribution in [1.29, 1.82) is 0 Å². The summed E-state index contributed by atoms with van der Waals surface area (Å²) in [5.41, 5.74) is 6.08. The zero-order chi connectivity index (χ0) is 8.97. The average Bonchev–Trinajstić information content (AvgIpc) is 2.09. The van der Waals surface area contributed by atoms with Crippen molar-refractivity contribution in [2.45, 2.75) is 0 Å². The molecule has 0 fully saturated rings. The molecule has 0 heterocycles. The van der Waals surface area contributed by atoms with E-state index in [2.05, 4.69) is 6.58 Å². The third-order valence-corrected chi connectivity index (χ3v) is 1.82. The van der Waals surface area contributed by atoms with Crippen LogP contribution in [0.5, 0.6) is 5.75 Å².